The first-order valence-corrected chi connectivity index (χ1v) is 11.2. The number of sulfone groups is 1. The fourth-order valence-electron chi connectivity index (χ4n) is 4.20. The standard InChI is InChI=1S/C21H24N2O3S/c24-21-22(14-17-8-3-1-4-9-17)19-12-7-13-27(25,26)16-20(19)23(21)15-18-10-5-2-6-11-18/h1-6,8-11,19-20H,7,12-16H2/t19-,20-/m0/s1. The van der Waals surface area contributed by atoms with E-state index in [4.69, 9.17) is 0 Å². The van der Waals surface area contributed by atoms with Crippen molar-refractivity contribution in [2.45, 2.75) is 38.0 Å². The van der Waals surface area contributed by atoms with Gasteiger partial charge in [-0.2, -0.15) is 0 Å². The van der Waals surface area contributed by atoms with Gasteiger partial charge in [0.25, 0.3) is 0 Å². The predicted octanol–water partition coefficient (Wildman–Crippen LogP) is 3.07. The minimum absolute atomic E-state index is 0.0568. The van der Waals surface area contributed by atoms with Crippen molar-refractivity contribution in [2.24, 2.45) is 0 Å². The average molecular weight is 385 g/mol. The second kappa shape index (κ2) is 7.35. The summed E-state index contributed by atoms with van der Waals surface area (Å²) in [5.41, 5.74) is 2.09. The lowest BCUT2D eigenvalue weighted by molar-refractivity contribution is 0.180. The van der Waals surface area contributed by atoms with Crippen LogP contribution in [0.15, 0.2) is 60.7 Å². The Morgan fingerprint density at radius 1 is 0.815 bits per heavy atom. The van der Waals surface area contributed by atoms with Crippen LogP contribution >= 0.6 is 0 Å². The monoisotopic (exact) mass is 384 g/mol. The molecule has 142 valence electrons. The van der Waals surface area contributed by atoms with E-state index in [1.54, 1.807) is 4.90 Å². The van der Waals surface area contributed by atoms with Crippen molar-refractivity contribution in [3.05, 3.63) is 71.8 Å². The zero-order valence-corrected chi connectivity index (χ0v) is 16.0. The maximum absolute atomic E-state index is 13.3. The number of hydrogen-bond donors (Lipinski definition) is 0. The molecule has 0 unspecified atom stereocenters. The van der Waals surface area contributed by atoms with Gasteiger partial charge in [0.15, 0.2) is 9.84 Å². The van der Waals surface area contributed by atoms with Crippen LogP contribution in [0.25, 0.3) is 0 Å². The lowest BCUT2D eigenvalue weighted by Gasteiger charge is -2.25. The van der Waals surface area contributed by atoms with Gasteiger partial charge in [-0.1, -0.05) is 60.7 Å². The van der Waals surface area contributed by atoms with E-state index in [1.807, 2.05) is 65.6 Å². The summed E-state index contributed by atoms with van der Waals surface area (Å²) in [7, 11) is -3.14. The minimum atomic E-state index is -3.14. The minimum Gasteiger partial charge on any atom is -0.315 e. The highest BCUT2D eigenvalue weighted by Gasteiger charge is 2.48. The van der Waals surface area contributed by atoms with E-state index in [0.29, 0.717) is 19.5 Å². The van der Waals surface area contributed by atoms with Crippen LogP contribution in [0.4, 0.5) is 4.79 Å². The van der Waals surface area contributed by atoms with Crippen molar-refractivity contribution in [1.82, 2.24) is 9.80 Å². The van der Waals surface area contributed by atoms with Gasteiger partial charge in [0.2, 0.25) is 0 Å². The summed E-state index contributed by atoms with van der Waals surface area (Å²) in [4.78, 5) is 16.9. The maximum atomic E-state index is 13.3. The molecule has 2 aromatic carbocycles. The predicted molar refractivity (Wildman–Crippen MR) is 105 cm³/mol. The molecule has 0 bridgehead atoms. The lowest BCUT2D eigenvalue weighted by Crippen LogP contribution is -2.40. The molecule has 5 nitrogen and oxygen atoms in total. The summed E-state index contributed by atoms with van der Waals surface area (Å²) in [5, 5.41) is 0. The Bertz CT molecular complexity index is 900. The molecule has 0 radical (unpaired) electrons. The van der Waals surface area contributed by atoms with Gasteiger partial charge in [0.05, 0.1) is 23.6 Å². The third kappa shape index (κ3) is 3.86. The number of carbonyl (C=O) groups excluding carboxylic acids is 1. The molecule has 2 saturated heterocycles. The molecule has 27 heavy (non-hydrogen) atoms. The Labute approximate surface area is 160 Å². The van der Waals surface area contributed by atoms with E-state index in [0.717, 1.165) is 17.5 Å². The number of urea groups is 1. The highest BCUT2D eigenvalue weighted by Crippen LogP contribution is 2.33. The van der Waals surface area contributed by atoms with Gasteiger partial charge in [0, 0.05) is 13.1 Å². The Morgan fingerprint density at radius 2 is 1.33 bits per heavy atom. The summed E-state index contributed by atoms with van der Waals surface area (Å²) in [5.74, 6) is 0.272. The first-order valence-electron chi connectivity index (χ1n) is 9.39. The van der Waals surface area contributed by atoms with Crippen LogP contribution < -0.4 is 0 Å². The van der Waals surface area contributed by atoms with E-state index in [1.165, 1.54) is 0 Å². The first-order chi connectivity index (χ1) is 13.0. The van der Waals surface area contributed by atoms with Gasteiger partial charge >= 0.3 is 6.03 Å². The molecule has 0 aromatic heterocycles. The van der Waals surface area contributed by atoms with Crippen LogP contribution in [0.1, 0.15) is 24.0 Å². The first kappa shape index (κ1) is 18.0. The average Bonchev–Trinajstić information content (AvgIpc) is 2.80. The lowest BCUT2D eigenvalue weighted by atomic mass is 10.0. The van der Waals surface area contributed by atoms with E-state index < -0.39 is 9.84 Å². The topological polar surface area (TPSA) is 57.7 Å². The second-order valence-electron chi connectivity index (χ2n) is 7.40. The molecule has 2 atom stereocenters. The van der Waals surface area contributed by atoms with Crippen molar-refractivity contribution in [3.8, 4) is 0 Å². The number of benzene rings is 2. The molecule has 0 aliphatic carbocycles. The van der Waals surface area contributed by atoms with E-state index in [9.17, 15) is 13.2 Å². The van der Waals surface area contributed by atoms with Gasteiger partial charge in [-0.25, -0.2) is 13.2 Å². The number of nitrogens with zero attached hydrogens (tertiary/aromatic N) is 2. The Balaban J connectivity index is 1.65. The molecule has 2 amide bonds. The van der Waals surface area contributed by atoms with Gasteiger partial charge < -0.3 is 9.80 Å². The van der Waals surface area contributed by atoms with E-state index >= 15 is 0 Å². The van der Waals surface area contributed by atoms with Gasteiger partial charge in [-0.15, -0.1) is 0 Å². The molecule has 0 spiro atoms. The van der Waals surface area contributed by atoms with Crippen molar-refractivity contribution in [1.29, 1.82) is 0 Å². The molecule has 2 fully saturated rings. The van der Waals surface area contributed by atoms with Crippen LogP contribution in [-0.4, -0.2) is 47.8 Å². The Hall–Kier alpha value is -2.34. The quantitative estimate of drug-likeness (QED) is 0.814. The molecule has 4 rings (SSSR count). The molecular weight excluding hydrogens is 360 g/mol. The van der Waals surface area contributed by atoms with Crippen molar-refractivity contribution >= 4 is 15.9 Å². The van der Waals surface area contributed by atoms with Gasteiger partial charge in [-0.05, 0) is 24.0 Å². The Kier molecular flexibility index (Phi) is 4.91. The van der Waals surface area contributed by atoms with E-state index in [-0.39, 0.29) is 29.6 Å². The fourth-order valence-corrected chi connectivity index (χ4v) is 5.89. The summed E-state index contributed by atoms with van der Waals surface area (Å²) < 4.78 is 24.9. The number of fused-ring (bicyclic) bond motifs is 1. The summed E-state index contributed by atoms with van der Waals surface area (Å²) in [6.45, 7) is 0.966. The normalized spacial score (nSPS) is 24.5. The SMILES string of the molecule is O=C1N(Cc2ccccc2)[C@H]2CCCS(=O)(=O)C[C@@H]2N1Cc1ccccc1. The van der Waals surface area contributed by atoms with Crippen molar-refractivity contribution < 1.29 is 13.2 Å². The third-order valence-corrected chi connectivity index (χ3v) is 7.27. The van der Waals surface area contributed by atoms with Crippen LogP contribution in [0.5, 0.6) is 0 Å². The van der Waals surface area contributed by atoms with Crippen LogP contribution in [0.3, 0.4) is 0 Å². The van der Waals surface area contributed by atoms with Crippen molar-refractivity contribution in [3.63, 3.8) is 0 Å². The molecule has 2 aliphatic heterocycles. The molecule has 2 aromatic rings. The number of amides is 2. The summed E-state index contributed by atoms with van der Waals surface area (Å²) >= 11 is 0. The molecule has 2 aliphatic rings. The van der Waals surface area contributed by atoms with Gasteiger partial charge in [0.1, 0.15) is 0 Å². The zero-order chi connectivity index (χ0) is 18.9. The summed E-state index contributed by atoms with van der Waals surface area (Å²) in [6, 6.07) is 19.3. The second-order valence-corrected chi connectivity index (χ2v) is 9.63. The van der Waals surface area contributed by atoms with Crippen molar-refractivity contribution in [2.75, 3.05) is 11.5 Å². The maximum Gasteiger partial charge on any atom is 0.321 e. The molecular formula is C21H24N2O3S. The fraction of sp³-hybridized carbons (Fsp3) is 0.381. The van der Waals surface area contributed by atoms with Crippen LogP contribution in [-0.2, 0) is 22.9 Å². The smallest absolute Gasteiger partial charge is 0.315 e. The largest absolute Gasteiger partial charge is 0.321 e. The molecule has 0 saturated carbocycles. The summed E-state index contributed by atoms with van der Waals surface area (Å²) in [6.07, 6.45) is 1.34. The highest BCUT2D eigenvalue weighted by molar-refractivity contribution is 7.91. The number of rotatable bonds is 4. The van der Waals surface area contributed by atoms with E-state index in [2.05, 4.69) is 0 Å². The number of carbonyl (C=O) groups is 1. The molecule has 2 heterocycles. The third-order valence-electron chi connectivity index (χ3n) is 5.51. The molecule has 0 N–H and O–H groups in total. The van der Waals surface area contributed by atoms with Crippen LogP contribution in [0.2, 0.25) is 0 Å². The van der Waals surface area contributed by atoms with Crippen LogP contribution in [0, 0.1) is 0 Å². The van der Waals surface area contributed by atoms with Gasteiger partial charge in [-0.3, -0.25) is 0 Å². The Morgan fingerprint density at radius 3 is 1.89 bits per heavy atom. The zero-order valence-electron chi connectivity index (χ0n) is 15.2. The number of hydrogen-bond acceptors (Lipinski definition) is 3. The molecule has 6 heteroatoms. The highest BCUT2D eigenvalue weighted by atomic mass is 32.2.